The minimum Gasteiger partial charge on any atom is -0.300 e. The lowest BCUT2D eigenvalue weighted by Gasteiger charge is -2.06. The fourth-order valence-electron chi connectivity index (χ4n) is 1.73. The summed E-state index contributed by atoms with van der Waals surface area (Å²) >= 11 is 3.23. The van der Waals surface area contributed by atoms with Crippen molar-refractivity contribution in [3.63, 3.8) is 0 Å². The highest BCUT2D eigenvalue weighted by molar-refractivity contribution is 9.10. The van der Waals surface area contributed by atoms with E-state index in [2.05, 4.69) is 15.9 Å². The average Bonchev–Trinajstić information content (AvgIpc) is 2.26. The van der Waals surface area contributed by atoms with Crippen molar-refractivity contribution >= 4 is 27.4 Å². The number of carbonyl (C=O) groups excluding carboxylic acids is 1. The third-order valence-corrected chi connectivity index (χ3v) is 3.48. The molecule has 1 aromatic carbocycles. The highest BCUT2D eigenvalue weighted by Gasteiger charge is 2.15. The second kappa shape index (κ2) is 6.64. The molecule has 0 aliphatic heterocycles. The lowest BCUT2D eigenvalue weighted by Crippen LogP contribution is -2.04. The number of aryl methyl sites for hydroxylation is 1. The number of rotatable bonds is 6. The van der Waals surface area contributed by atoms with Crippen LogP contribution in [0.15, 0.2) is 22.7 Å². The van der Waals surface area contributed by atoms with Crippen LogP contribution < -0.4 is 0 Å². The molecule has 0 aliphatic carbocycles. The van der Waals surface area contributed by atoms with Gasteiger partial charge in [-0.3, -0.25) is 14.9 Å². The summed E-state index contributed by atoms with van der Waals surface area (Å²) < 4.78 is 0.479. The molecular formula is C13H16BrNO3. The van der Waals surface area contributed by atoms with E-state index >= 15 is 0 Å². The van der Waals surface area contributed by atoms with Crippen LogP contribution in [0.2, 0.25) is 0 Å². The highest BCUT2D eigenvalue weighted by Crippen LogP contribution is 2.29. The highest BCUT2D eigenvalue weighted by atomic mass is 79.9. The van der Waals surface area contributed by atoms with Crippen molar-refractivity contribution in [1.82, 2.24) is 0 Å². The number of hydrogen-bond acceptors (Lipinski definition) is 3. The van der Waals surface area contributed by atoms with Crippen molar-refractivity contribution in [3.05, 3.63) is 38.3 Å². The molecule has 5 heteroatoms. The third-order valence-electron chi connectivity index (χ3n) is 2.56. The number of nitro benzene ring substituents is 1. The Kier molecular flexibility index (Phi) is 5.47. The minimum atomic E-state index is -0.427. The zero-order valence-electron chi connectivity index (χ0n) is 10.5. The number of Topliss-reactive ketones (excluding diaryl/α,β-unsaturated/α-hetero) is 1. The van der Waals surface area contributed by atoms with E-state index in [1.165, 1.54) is 6.07 Å². The maximum Gasteiger partial charge on any atom is 0.283 e. The van der Waals surface area contributed by atoms with Crippen LogP contribution in [0.1, 0.15) is 32.3 Å². The summed E-state index contributed by atoms with van der Waals surface area (Å²) in [5.41, 5.74) is 0.852. The summed E-state index contributed by atoms with van der Waals surface area (Å²) in [6, 6.07) is 4.90. The number of nitro groups is 1. The molecule has 0 heterocycles. The molecule has 0 fully saturated rings. The zero-order valence-corrected chi connectivity index (χ0v) is 12.1. The second-order valence-corrected chi connectivity index (χ2v) is 5.44. The second-order valence-electron chi connectivity index (χ2n) is 4.64. The Hall–Kier alpha value is -1.23. The first kappa shape index (κ1) is 14.8. The molecule has 0 aliphatic rings. The quantitative estimate of drug-likeness (QED) is 0.591. The van der Waals surface area contributed by atoms with E-state index in [0.717, 1.165) is 5.56 Å². The predicted molar refractivity (Wildman–Crippen MR) is 73.6 cm³/mol. The van der Waals surface area contributed by atoms with Crippen molar-refractivity contribution in [1.29, 1.82) is 0 Å². The fourth-order valence-corrected chi connectivity index (χ4v) is 2.34. The summed E-state index contributed by atoms with van der Waals surface area (Å²) in [5, 5.41) is 10.8. The monoisotopic (exact) mass is 313 g/mol. The van der Waals surface area contributed by atoms with E-state index in [1.54, 1.807) is 12.1 Å². The first-order chi connectivity index (χ1) is 8.41. The van der Waals surface area contributed by atoms with Gasteiger partial charge in [0.05, 0.1) is 9.40 Å². The molecule has 0 aromatic heterocycles. The van der Waals surface area contributed by atoms with Crippen molar-refractivity contribution in [2.24, 2.45) is 5.92 Å². The van der Waals surface area contributed by atoms with Crippen LogP contribution in [0.25, 0.3) is 0 Å². The van der Waals surface area contributed by atoms with Gasteiger partial charge >= 0.3 is 0 Å². The van der Waals surface area contributed by atoms with Crippen LogP contribution in [0.3, 0.4) is 0 Å². The molecule has 98 valence electrons. The van der Waals surface area contributed by atoms with Crippen molar-refractivity contribution in [2.45, 2.75) is 33.1 Å². The number of benzene rings is 1. The third kappa shape index (κ3) is 4.22. The Morgan fingerprint density at radius 2 is 2.11 bits per heavy atom. The average molecular weight is 314 g/mol. The molecule has 0 atom stereocenters. The van der Waals surface area contributed by atoms with Gasteiger partial charge in [-0.15, -0.1) is 0 Å². The summed E-state index contributed by atoms with van der Waals surface area (Å²) in [6.07, 6.45) is 1.53. The molecule has 1 rings (SSSR count). The molecule has 0 unspecified atom stereocenters. The Bertz CT molecular complexity index is 458. The first-order valence-electron chi connectivity index (χ1n) is 5.85. The van der Waals surface area contributed by atoms with Gasteiger partial charge in [0, 0.05) is 18.9 Å². The summed E-state index contributed by atoms with van der Waals surface area (Å²) in [6.45, 7) is 4.00. The number of hydrogen-bond donors (Lipinski definition) is 0. The first-order valence-corrected chi connectivity index (χ1v) is 6.64. The predicted octanol–water partition coefficient (Wildman–Crippen LogP) is 3.91. The molecule has 18 heavy (non-hydrogen) atoms. The van der Waals surface area contributed by atoms with Gasteiger partial charge in [-0.2, -0.15) is 0 Å². The summed E-state index contributed by atoms with van der Waals surface area (Å²) in [4.78, 5) is 21.9. The van der Waals surface area contributed by atoms with E-state index in [1.807, 2.05) is 13.8 Å². The van der Waals surface area contributed by atoms with E-state index < -0.39 is 4.92 Å². The largest absolute Gasteiger partial charge is 0.300 e. The summed E-state index contributed by atoms with van der Waals surface area (Å²) in [7, 11) is 0. The Labute approximate surface area is 115 Å². The smallest absolute Gasteiger partial charge is 0.283 e. The van der Waals surface area contributed by atoms with Crippen LogP contribution in [-0.2, 0) is 11.2 Å². The molecule has 0 N–H and O–H groups in total. The maximum absolute atomic E-state index is 11.6. The van der Waals surface area contributed by atoms with Crippen LogP contribution in [0, 0.1) is 16.0 Å². The molecule has 0 amide bonds. The normalized spacial score (nSPS) is 10.7. The van der Waals surface area contributed by atoms with E-state index in [9.17, 15) is 14.9 Å². The minimum absolute atomic E-state index is 0.0452. The molecular weight excluding hydrogens is 298 g/mol. The van der Waals surface area contributed by atoms with Gasteiger partial charge in [0.25, 0.3) is 5.69 Å². The van der Waals surface area contributed by atoms with Gasteiger partial charge in [-0.25, -0.2) is 0 Å². The van der Waals surface area contributed by atoms with Crippen molar-refractivity contribution < 1.29 is 9.72 Å². The zero-order chi connectivity index (χ0) is 13.7. The number of halogens is 1. The summed E-state index contributed by atoms with van der Waals surface area (Å²) in [5.74, 6) is 0.550. The lowest BCUT2D eigenvalue weighted by molar-refractivity contribution is -0.385. The molecule has 0 saturated heterocycles. The van der Waals surface area contributed by atoms with Crippen LogP contribution >= 0.6 is 15.9 Å². The molecule has 0 spiro atoms. The molecule has 0 radical (unpaired) electrons. The number of carbonyl (C=O) groups is 1. The van der Waals surface area contributed by atoms with Crippen LogP contribution in [-0.4, -0.2) is 10.7 Å². The Morgan fingerprint density at radius 1 is 1.44 bits per heavy atom. The van der Waals surface area contributed by atoms with E-state index in [0.29, 0.717) is 29.7 Å². The van der Waals surface area contributed by atoms with Crippen molar-refractivity contribution in [3.8, 4) is 0 Å². The Balaban J connectivity index is 2.71. The molecule has 4 nitrogen and oxygen atoms in total. The van der Waals surface area contributed by atoms with Crippen LogP contribution in [0.5, 0.6) is 0 Å². The van der Waals surface area contributed by atoms with Gasteiger partial charge in [0.2, 0.25) is 0 Å². The maximum atomic E-state index is 11.6. The van der Waals surface area contributed by atoms with Gasteiger partial charge in [0.1, 0.15) is 5.78 Å². The van der Waals surface area contributed by atoms with Gasteiger partial charge in [-0.05, 0) is 33.8 Å². The van der Waals surface area contributed by atoms with E-state index in [-0.39, 0.29) is 11.5 Å². The van der Waals surface area contributed by atoms with Gasteiger partial charge < -0.3 is 0 Å². The van der Waals surface area contributed by atoms with Gasteiger partial charge in [-0.1, -0.05) is 26.0 Å². The fraction of sp³-hybridized carbons (Fsp3) is 0.462. The Morgan fingerprint density at radius 3 is 2.67 bits per heavy atom. The van der Waals surface area contributed by atoms with Gasteiger partial charge in [0.15, 0.2) is 0 Å². The standard InChI is InChI=1S/C13H16BrNO3/c1-9(2)8-11(16)7-6-10-4-3-5-12(13(10)14)15(17)18/h3-5,9H,6-8H2,1-2H3. The molecule has 1 aromatic rings. The molecule has 0 saturated carbocycles. The topological polar surface area (TPSA) is 60.2 Å². The van der Waals surface area contributed by atoms with Crippen LogP contribution in [0.4, 0.5) is 5.69 Å². The van der Waals surface area contributed by atoms with Crippen molar-refractivity contribution in [2.75, 3.05) is 0 Å². The number of ketones is 1. The number of nitrogens with zero attached hydrogens (tertiary/aromatic N) is 1. The SMILES string of the molecule is CC(C)CC(=O)CCc1cccc([N+](=O)[O-])c1Br. The molecule has 0 bridgehead atoms. The van der Waals surface area contributed by atoms with E-state index in [4.69, 9.17) is 0 Å². The lowest BCUT2D eigenvalue weighted by atomic mass is 10.0.